The first kappa shape index (κ1) is 16.0. The summed E-state index contributed by atoms with van der Waals surface area (Å²) in [6.07, 6.45) is 0. The number of nitrogens with zero attached hydrogens (tertiary/aromatic N) is 1. The molecule has 6 heteroatoms. The van der Waals surface area contributed by atoms with Crippen LogP contribution < -0.4 is 9.47 Å². The van der Waals surface area contributed by atoms with Crippen LogP contribution in [0.25, 0.3) is 0 Å². The highest BCUT2D eigenvalue weighted by Crippen LogP contribution is 2.46. The van der Waals surface area contributed by atoms with E-state index in [2.05, 4.69) is 0 Å². The van der Waals surface area contributed by atoms with Crippen LogP contribution in [0.4, 0.5) is 0 Å². The summed E-state index contributed by atoms with van der Waals surface area (Å²) in [4.78, 5) is 14.0. The normalized spacial score (nSPS) is 18.1. The van der Waals surface area contributed by atoms with E-state index in [1.54, 1.807) is 26.0 Å². The Morgan fingerprint density at radius 2 is 1.95 bits per heavy atom. The van der Waals surface area contributed by atoms with Crippen molar-refractivity contribution in [1.29, 1.82) is 0 Å². The number of carbonyl (C=O) groups is 1. The Bertz CT molecular complexity index is 472. The molecule has 1 aliphatic heterocycles. The van der Waals surface area contributed by atoms with Gasteiger partial charge in [-0.3, -0.25) is 4.79 Å². The lowest BCUT2D eigenvalue weighted by Gasteiger charge is -2.26. The molecular formula is C15H21NO4S. The van der Waals surface area contributed by atoms with E-state index in [1.807, 2.05) is 30.0 Å². The number of hydrogen-bond acceptors (Lipinski definition) is 5. The zero-order valence-electron chi connectivity index (χ0n) is 12.6. The third kappa shape index (κ3) is 3.44. The topological polar surface area (TPSA) is 48.0 Å². The summed E-state index contributed by atoms with van der Waals surface area (Å²) in [7, 11) is 3.26. The molecule has 0 N–H and O–H groups in total. The molecule has 1 aromatic rings. The molecule has 1 atom stereocenters. The maximum atomic E-state index is 12.1. The third-order valence-electron chi connectivity index (χ3n) is 3.36. The van der Waals surface area contributed by atoms with Crippen LogP contribution in [0.15, 0.2) is 18.2 Å². The summed E-state index contributed by atoms with van der Waals surface area (Å²) in [5, 5.41) is -0.0935. The summed E-state index contributed by atoms with van der Waals surface area (Å²) in [6, 6.07) is 5.66. The fourth-order valence-corrected chi connectivity index (χ4v) is 3.63. The van der Waals surface area contributed by atoms with Crippen molar-refractivity contribution in [2.45, 2.75) is 12.3 Å². The van der Waals surface area contributed by atoms with Crippen LogP contribution in [-0.2, 0) is 9.53 Å². The van der Waals surface area contributed by atoms with Crippen LogP contribution >= 0.6 is 11.8 Å². The van der Waals surface area contributed by atoms with E-state index in [4.69, 9.17) is 14.2 Å². The van der Waals surface area contributed by atoms with E-state index in [1.165, 1.54) is 0 Å². The molecule has 2 rings (SSSR count). The SMILES string of the molecule is CCOCCN1C(=O)CSC1c1c(OC)cccc1OC. The lowest BCUT2D eigenvalue weighted by molar-refractivity contribution is -0.128. The van der Waals surface area contributed by atoms with Gasteiger partial charge >= 0.3 is 0 Å². The van der Waals surface area contributed by atoms with Crippen LogP contribution in [0.2, 0.25) is 0 Å². The van der Waals surface area contributed by atoms with E-state index in [9.17, 15) is 4.79 Å². The number of ether oxygens (including phenoxy) is 3. The molecule has 0 radical (unpaired) electrons. The molecule has 0 aliphatic carbocycles. The average Bonchev–Trinajstić information content (AvgIpc) is 2.87. The number of rotatable bonds is 7. The van der Waals surface area contributed by atoms with Gasteiger partial charge in [0.2, 0.25) is 5.91 Å². The van der Waals surface area contributed by atoms with Crippen LogP contribution in [-0.4, -0.2) is 50.5 Å². The maximum absolute atomic E-state index is 12.1. The highest BCUT2D eigenvalue weighted by atomic mass is 32.2. The minimum absolute atomic E-state index is 0.0935. The summed E-state index contributed by atoms with van der Waals surface area (Å²) in [6.45, 7) is 3.71. The number of hydrogen-bond donors (Lipinski definition) is 0. The summed E-state index contributed by atoms with van der Waals surface area (Å²) >= 11 is 1.59. The number of benzene rings is 1. The van der Waals surface area contributed by atoms with Gasteiger partial charge in [-0.15, -0.1) is 11.8 Å². The van der Waals surface area contributed by atoms with Gasteiger partial charge in [0.25, 0.3) is 0 Å². The number of methoxy groups -OCH3 is 2. The maximum Gasteiger partial charge on any atom is 0.233 e. The van der Waals surface area contributed by atoms with Crippen LogP contribution in [0.5, 0.6) is 11.5 Å². The molecule has 21 heavy (non-hydrogen) atoms. The first-order valence-electron chi connectivity index (χ1n) is 6.92. The minimum Gasteiger partial charge on any atom is -0.496 e. The number of thioether (sulfide) groups is 1. The Morgan fingerprint density at radius 3 is 2.52 bits per heavy atom. The molecule has 1 amide bonds. The average molecular weight is 311 g/mol. The second-order valence-electron chi connectivity index (χ2n) is 4.52. The van der Waals surface area contributed by atoms with E-state index in [-0.39, 0.29) is 11.3 Å². The van der Waals surface area contributed by atoms with Crippen LogP contribution in [0, 0.1) is 0 Å². The predicted molar refractivity (Wildman–Crippen MR) is 83.0 cm³/mol. The van der Waals surface area contributed by atoms with Crippen LogP contribution in [0.1, 0.15) is 17.9 Å². The fraction of sp³-hybridized carbons (Fsp3) is 0.533. The Balaban J connectivity index is 2.28. The summed E-state index contributed by atoms with van der Waals surface area (Å²) < 4.78 is 16.3. The van der Waals surface area contributed by atoms with Crippen molar-refractivity contribution in [3.8, 4) is 11.5 Å². The molecule has 0 aromatic heterocycles. The number of amides is 1. The Labute approximate surface area is 129 Å². The van der Waals surface area contributed by atoms with Gasteiger partial charge in [0.1, 0.15) is 16.9 Å². The first-order valence-corrected chi connectivity index (χ1v) is 7.97. The van der Waals surface area contributed by atoms with Gasteiger partial charge in [0.05, 0.1) is 32.1 Å². The Hall–Kier alpha value is -1.40. The molecule has 0 bridgehead atoms. The molecule has 1 unspecified atom stereocenters. The van der Waals surface area contributed by atoms with Gasteiger partial charge in [-0.25, -0.2) is 0 Å². The third-order valence-corrected chi connectivity index (χ3v) is 4.58. The van der Waals surface area contributed by atoms with Crippen molar-refractivity contribution in [2.24, 2.45) is 0 Å². The second-order valence-corrected chi connectivity index (χ2v) is 5.59. The predicted octanol–water partition coefficient (Wildman–Crippen LogP) is 2.31. The van der Waals surface area contributed by atoms with Crippen LogP contribution in [0.3, 0.4) is 0 Å². The zero-order chi connectivity index (χ0) is 15.2. The van der Waals surface area contributed by atoms with Gasteiger partial charge in [0, 0.05) is 13.2 Å². The molecule has 1 heterocycles. The molecular weight excluding hydrogens is 290 g/mol. The highest BCUT2D eigenvalue weighted by molar-refractivity contribution is 8.00. The molecule has 1 fully saturated rings. The van der Waals surface area contributed by atoms with Crippen molar-refractivity contribution < 1.29 is 19.0 Å². The highest BCUT2D eigenvalue weighted by Gasteiger charge is 2.36. The van der Waals surface area contributed by atoms with Crippen molar-refractivity contribution in [1.82, 2.24) is 4.90 Å². The Kier molecular flexibility index (Phi) is 5.76. The Morgan fingerprint density at radius 1 is 1.29 bits per heavy atom. The van der Waals surface area contributed by atoms with Crippen molar-refractivity contribution in [2.75, 3.05) is 39.7 Å². The van der Waals surface area contributed by atoms with E-state index in [0.717, 1.165) is 17.1 Å². The number of carbonyl (C=O) groups excluding carboxylic acids is 1. The standard InChI is InChI=1S/C15H21NO4S/c1-4-20-9-8-16-13(17)10-21-15(16)14-11(18-2)6-5-7-12(14)19-3/h5-7,15H,4,8-10H2,1-3H3. The molecule has 0 saturated carbocycles. The molecule has 1 saturated heterocycles. The van der Waals surface area contributed by atoms with E-state index < -0.39 is 0 Å². The van der Waals surface area contributed by atoms with E-state index in [0.29, 0.717) is 25.5 Å². The molecule has 1 aliphatic rings. The summed E-state index contributed by atoms with van der Waals surface area (Å²) in [5.74, 6) is 2.07. The van der Waals surface area contributed by atoms with Gasteiger partial charge < -0.3 is 19.1 Å². The fourth-order valence-electron chi connectivity index (χ4n) is 2.37. The smallest absolute Gasteiger partial charge is 0.233 e. The van der Waals surface area contributed by atoms with E-state index >= 15 is 0 Å². The lowest BCUT2D eigenvalue weighted by Crippen LogP contribution is -2.32. The van der Waals surface area contributed by atoms with Gasteiger partial charge in [-0.1, -0.05) is 6.07 Å². The summed E-state index contributed by atoms with van der Waals surface area (Å²) in [5.41, 5.74) is 0.912. The minimum atomic E-state index is -0.0935. The van der Waals surface area contributed by atoms with Crippen molar-refractivity contribution in [3.05, 3.63) is 23.8 Å². The molecule has 1 aromatic carbocycles. The van der Waals surface area contributed by atoms with Crippen molar-refractivity contribution >= 4 is 17.7 Å². The monoisotopic (exact) mass is 311 g/mol. The molecule has 116 valence electrons. The van der Waals surface area contributed by atoms with Gasteiger partial charge in [-0.05, 0) is 19.1 Å². The second kappa shape index (κ2) is 7.56. The quantitative estimate of drug-likeness (QED) is 0.723. The molecule has 5 nitrogen and oxygen atoms in total. The van der Waals surface area contributed by atoms with Gasteiger partial charge in [-0.2, -0.15) is 0 Å². The molecule has 0 spiro atoms. The first-order chi connectivity index (χ1) is 10.2. The van der Waals surface area contributed by atoms with Gasteiger partial charge in [0.15, 0.2) is 0 Å². The van der Waals surface area contributed by atoms with Crippen molar-refractivity contribution in [3.63, 3.8) is 0 Å². The zero-order valence-corrected chi connectivity index (χ0v) is 13.4. The largest absolute Gasteiger partial charge is 0.496 e. The lowest BCUT2D eigenvalue weighted by atomic mass is 10.1.